The van der Waals surface area contributed by atoms with Gasteiger partial charge in [0.25, 0.3) is 6.43 Å². The highest BCUT2D eigenvalue weighted by Crippen LogP contribution is 2.33. The predicted octanol–water partition coefficient (Wildman–Crippen LogP) is 2.98. The third-order valence-corrected chi connectivity index (χ3v) is 2.15. The topological polar surface area (TPSA) is 26.0 Å². The molecule has 0 amide bonds. The lowest BCUT2D eigenvalue weighted by molar-refractivity contribution is -0.138. The lowest BCUT2D eigenvalue weighted by atomic mass is 10.00. The second-order valence-corrected chi connectivity index (χ2v) is 3.50. The van der Waals surface area contributed by atoms with Crippen molar-refractivity contribution in [2.75, 3.05) is 0 Å². The first-order valence-electron chi connectivity index (χ1n) is 4.61. The molecule has 1 aromatic carbocycles. The Bertz CT molecular complexity index is 387. The minimum atomic E-state index is -4.72. The van der Waals surface area contributed by atoms with Crippen molar-refractivity contribution in [2.24, 2.45) is 5.73 Å². The molecule has 17 heavy (non-hydrogen) atoms. The van der Waals surface area contributed by atoms with Crippen LogP contribution in [0.2, 0.25) is 0 Å². The predicted molar refractivity (Wildman–Crippen MR) is 49.1 cm³/mol. The highest BCUT2D eigenvalue weighted by Gasteiger charge is 2.34. The molecule has 1 atom stereocenters. The molecular formula is C10H9F6N. The van der Waals surface area contributed by atoms with Gasteiger partial charge in [0.2, 0.25) is 0 Å². The Morgan fingerprint density at radius 1 is 1.18 bits per heavy atom. The van der Waals surface area contributed by atoms with Crippen molar-refractivity contribution >= 4 is 0 Å². The maximum absolute atomic E-state index is 12.8. The van der Waals surface area contributed by atoms with Crippen LogP contribution < -0.4 is 5.73 Å². The fourth-order valence-corrected chi connectivity index (χ4v) is 1.35. The van der Waals surface area contributed by atoms with E-state index in [0.717, 1.165) is 0 Å². The van der Waals surface area contributed by atoms with Gasteiger partial charge in [-0.15, -0.1) is 0 Å². The lowest BCUT2D eigenvalue weighted by Gasteiger charge is -2.16. The van der Waals surface area contributed by atoms with E-state index in [2.05, 4.69) is 0 Å². The van der Waals surface area contributed by atoms with E-state index in [1.807, 2.05) is 0 Å². The summed E-state index contributed by atoms with van der Waals surface area (Å²) in [6.45, 7) is 0. The zero-order valence-electron chi connectivity index (χ0n) is 8.44. The molecule has 1 unspecified atom stereocenters. The van der Waals surface area contributed by atoms with Crippen molar-refractivity contribution in [1.82, 2.24) is 0 Å². The first-order valence-corrected chi connectivity index (χ1v) is 4.61. The Morgan fingerprint density at radius 3 is 2.24 bits per heavy atom. The minimum Gasteiger partial charge on any atom is -0.323 e. The van der Waals surface area contributed by atoms with E-state index in [9.17, 15) is 26.3 Å². The number of hydrogen-bond donors (Lipinski definition) is 1. The Labute approximate surface area is 93.2 Å². The largest absolute Gasteiger partial charge is 0.416 e. The molecule has 0 aliphatic rings. The van der Waals surface area contributed by atoms with Gasteiger partial charge in [0.15, 0.2) is 0 Å². The average molecular weight is 257 g/mol. The van der Waals surface area contributed by atoms with Crippen molar-refractivity contribution in [2.45, 2.75) is 25.1 Å². The van der Waals surface area contributed by atoms with Crippen LogP contribution >= 0.6 is 0 Å². The van der Waals surface area contributed by atoms with Crippen molar-refractivity contribution in [1.29, 1.82) is 0 Å². The number of hydrogen-bond acceptors (Lipinski definition) is 1. The fraction of sp³-hybridized carbons (Fsp3) is 0.400. The molecule has 0 saturated carbocycles. The van der Waals surface area contributed by atoms with E-state index >= 15 is 0 Å². The molecule has 0 bridgehead atoms. The molecular weight excluding hydrogens is 248 g/mol. The first kappa shape index (κ1) is 13.8. The van der Waals surface area contributed by atoms with Crippen LogP contribution in [0.1, 0.15) is 11.1 Å². The Morgan fingerprint density at radius 2 is 1.76 bits per heavy atom. The van der Waals surface area contributed by atoms with Gasteiger partial charge in [-0.3, -0.25) is 0 Å². The first-order chi connectivity index (χ1) is 7.71. The smallest absolute Gasteiger partial charge is 0.323 e. The molecule has 0 heterocycles. The van der Waals surface area contributed by atoms with Gasteiger partial charge in [-0.2, -0.15) is 13.2 Å². The molecule has 7 heteroatoms. The van der Waals surface area contributed by atoms with E-state index in [4.69, 9.17) is 5.73 Å². The van der Waals surface area contributed by atoms with Crippen molar-refractivity contribution in [3.8, 4) is 0 Å². The Kier molecular flexibility index (Phi) is 4.03. The summed E-state index contributed by atoms with van der Waals surface area (Å²) in [7, 11) is 0. The number of halogens is 6. The molecule has 0 spiro atoms. The molecule has 0 aliphatic carbocycles. The molecule has 2 N–H and O–H groups in total. The van der Waals surface area contributed by atoms with Crippen LogP contribution in [0.3, 0.4) is 0 Å². The van der Waals surface area contributed by atoms with E-state index in [0.29, 0.717) is 18.2 Å². The van der Waals surface area contributed by atoms with E-state index < -0.39 is 42.0 Å². The molecule has 96 valence electrons. The van der Waals surface area contributed by atoms with Crippen LogP contribution in [-0.2, 0) is 12.6 Å². The third-order valence-electron chi connectivity index (χ3n) is 2.15. The normalized spacial score (nSPS) is 14.1. The molecule has 0 aromatic heterocycles. The third kappa shape index (κ3) is 3.62. The van der Waals surface area contributed by atoms with E-state index in [1.54, 1.807) is 0 Å². The van der Waals surface area contributed by atoms with Gasteiger partial charge in [-0.1, -0.05) is 0 Å². The molecule has 0 saturated heterocycles. The van der Waals surface area contributed by atoms with Crippen molar-refractivity contribution in [3.63, 3.8) is 0 Å². The van der Waals surface area contributed by atoms with E-state index in [1.165, 1.54) is 0 Å². The van der Waals surface area contributed by atoms with Crippen molar-refractivity contribution in [3.05, 3.63) is 35.1 Å². The molecule has 1 rings (SSSR count). The summed E-state index contributed by atoms with van der Waals surface area (Å²) in [6, 6.07) is -0.0355. The highest BCUT2D eigenvalue weighted by molar-refractivity contribution is 5.31. The minimum absolute atomic E-state index is 0.517. The zero-order valence-corrected chi connectivity index (χ0v) is 8.44. The standard InChI is InChI=1S/C10H9F6N/c11-6-1-2-7(10(14,15)16)5(3-6)4-8(17)9(12)13/h1-3,8-9H,4,17H2. The Hall–Kier alpha value is -1.24. The zero-order chi connectivity index (χ0) is 13.2. The summed E-state index contributed by atoms with van der Waals surface area (Å²) in [5, 5.41) is 0. The maximum Gasteiger partial charge on any atom is 0.416 e. The van der Waals surface area contributed by atoms with Crippen LogP contribution in [0, 0.1) is 5.82 Å². The Balaban J connectivity index is 3.08. The second kappa shape index (κ2) is 4.95. The number of benzene rings is 1. The molecule has 1 nitrogen and oxygen atoms in total. The van der Waals surface area contributed by atoms with Crippen LogP contribution in [0.4, 0.5) is 26.3 Å². The van der Waals surface area contributed by atoms with Gasteiger partial charge < -0.3 is 5.73 Å². The number of nitrogens with two attached hydrogens (primary N) is 1. The summed E-state index contributed by atoms with van der Waals surface area (Å²) >= 11 is 0. The van der Waals surface area contributed by atoms with Crippen LogP contribution in [0.5, 0.6) is 0 Å². The monoisotopic (exact) mass is 257 g/mol. The summed E-state index contributed by atoms with van der Waals surface area (Å²) in [5.74, 6) is -0.922. The average Bonchev–Trinajstić information content (AvgIpc) is 2.15. The quantitative estimate of drug-likeness (QED) is 0.828. The summed E-state index contributed by atoms with van der Waals surface area (Å²) in [6.07, 6.45) is -8.41. The van der Waals surface area contributed by atoms with Gasteiger partial charge >= 0.3 is 6.18 Å². The van der Waals surface area contributed by atoms with E-state index in [-0.39, 0.29) is 0 Å². The molecule has 1 aromatic rings. The number of rotatable bonds is 3. The van der Waals surface area contributed by atoms with Gasteiger partial charge in [-0.25, -0.2) is 13.2 Å². The summed E-state index contributed by atoms with van der Waals surface area (Å²) in [5.41, 5.74) is 3.26. The fourth-order valence-electron chi connectivity index (χ4n) is 1.35. The SMILES string of the molecule is NC(Cc1cc(F)ccc1C(F)(F)F)C(F)F. The lowest BCUT2D eigenvalue weighted by Crippen LogP contribution is -2.31. The summed E-state index contributed by atoms with van der Waals surface area (Å²) in [4.78, 5) is 0. The maximum atomic E-state index is 12.8. The summed E-state index contributed by atoms with van der Waals surface area (Å²) < 4.78 is 74.5. The van der Waals surface area contributed by atoms with Gasteiger partial charge in [0.1, 0.15) is 5.82 Å². The van der Waals surface area contributed by atoms with Gasteiger partial charge in [0, 0.05) is 0 Å². The molecule has 0 radical (unpaired) electrons. The van der Waals surface area contributed by atoms with Gasteiger partial charge in [0.05, 0.1) is 11.6 Å². The number of alkyl halides is 5. The second-order valence-electron chi connectivity index (χ2n) is 3.50. The van der Waals surface area contributed by atoms with Gasteiger partial charge in [-0.05, 0) is 30.2 Å². The van der Waals surface area contributed by atoms with Crippen LogP contribution in [0.15, 0.2) is 18.2 Å². The van der Waals surface area contributed by atoms with Crippen LogP contribution in [0.25, 0.3) is 0 Å². The molecule has 0 fully saturated rings. The highest BCUT2D eigenvalue weighted by atomic mass is 19.4. The van der Waals surface area contributed by atoms with Crippen LogP contribution in [-0.4, -0.2) is 12.5 Å². The van der Waals surface area contributed by atoms with Crippen molar-refractivity contribution < 1.29 is 26.3 Å². The molecule has 0 aliphatic heterocycles.